The number of thioether (sulfide) groups is 1. The first-order chi connectivity index (χ1) is 13.0. The van der Waals surface area contributed by atoms with Crippen LogP contribution < -0.4 is 15.4 Å². The maximum atomic E-state index is 12.6. The summed E-state index contributed by atoms with van der Waals surface area (Å²) in [6, 6.07) is 5.17. The van der Waals surface area contributed by atoms with Gasteiger partial charge in [-0.1, -0.05) is 24.6 Å². The molecule has 1 aromatic carbocycles. The number of hydrogen-bond acceptors (Lipinski definition) is 4. The van der Waals surface area contributed by atoms with E-state index >= 15 is 0 Å². The smallest absolute Gasteiger partial charge is 0.387 e. The predicted octanol–water partition coefficient (Wildman–Crippen LogP) is 3.56. The van der Waals surface area contributed by atoms with E-state index in [4.69, 9.17) is 4.74 Å². The van der Waals surface area contributed by atoms with Gasteiger partial charge in [0.05, 0.1) is 0 Å². The molecule has 1 aromatic rings. The standard InChI is InChI=1S/C19H29F2N3O2S/c1-4-27-19(7-9-25-10-8-19)13-24-18(22-3)23-12-15-11-14(2)5-6-16(15)26-17(20)21/h5-6,11,17H,4,7-10,12-13H2,1-3H3,(H2,22,23,24). The van der Waals surface area contributed by atoms with E-state index in [2.05, 4.69) is 27.3 Å². The molecule has 27 heavy (non-hydrogen) atoms. The molecule has 1 fully saturated rings. The Kier molecular flexibility index (Phi) is 8.63. The third kappa shape index (κ3) is 6.84. The number of aryl methyl sites for hydroxylation is 1. The first kappa shape index (κ1) is 21.8. The van der Waals surface area contributed by atoms with Gasteiger partial charge >= 0.3 is 6.61 Å². The van der Waals surface area contributed by atoms with Crippen LogP contribution in [0.15, 0.2) is 23.2 Å². The summed E-state index contributed by atoms with van der Waals surface area (Å²) < 4.78 is 35.5. The molecule has 0 amide bonds. The second-order valence-corrected chi connectivity index (χ2v) is 8.23. The minimum absolute atomic E-state index is 0.137. The van der Waals surface area contributed by atoms with Crippen LogP contribution in [0, 0.1) is 6.92 Å². The van der Waals surface area contributed by atoms with Gasteiger partial charge in [-0.15, -0.1) is 0 Å². The first-order valence-electron chi connectivity index (χ1n) is 9.18. The maximum absolute atomic E-state index is 12.6. The van der Waals surface area contributed by atoms with Crippen LogP contribution in [0.3, 0.4) is 0 Å². The van der Waals surface area contributed by atoms with Crippen LogP contribution in [0.25, 0.3) is 0 Å². The number of aliphatic imine (C=N–C) groups is 1. The molecule has 0 atom stereocenters. The van der Waals surface area contributed by atoms with Crippen LogP contribution in [0.2, 0.25) is 0 Å². The van der Waals surface area contributed by atoms with Gasteiger partial charge in [0, 0.05) is 43.7 Å². The van der Waals surface area contributed by atoms with Crippen molar-refractivity contribution in [2.24, 2.45) is 4.99 Å². The number of nitrogens with zero attached hydrogens (tertiary/aromatic N) is 1. The van der Waals surface area contributed by atoms with Gasteiger partial charge in [-0.3, -0.25) is 4.99 Å². The molecule has 8 heteroatoms. The molecule has 0 bridgehead atoms. The molecule has 1 aliphatic heterocycles. The van der Waals surface area contributed by atoms with Gasteiger partial charge in [-0.2, -0.15) is 20.5 Å². The fourth-order valence-electron chi connectivity index (χ4n) is 3.12. The highest BCUT2D eigenvalue weighted by atomic mass is 32.2. The molecule has 2 N–H and O–H groups in total. The number of benzene rings is 1. The lowest BCUT2D eigenvalue weighted by Gasteiger charge is -2.37. The van der Waals surface area contributed by atoms with Crippen molar-refractivity contribution in [2.75, 3.05) is 32.6 Å². The highest BCUT2D eigenvalue weighted by Gasteiger charge is 2.32. The van der Waals surface area contributed by atoms with Crippen molar-refractivity contribution in [2.45, 2.75) is 44.6 Å². The summed E-state index contributed by atoms with van der Waals surface area (Å²) in [6.45, 7) is 3.92. The molecule has 0 saturated carbocycles. The Morgan fingerprint density at radius 2 is 2.07 bits per heavy atom. The van der Waals surface area contributed by atoms with Crippen molar-refractivity contribution in [3.8, 4) is 5.75 Å². The molecule has 152 valence electrons. The normalized spacial score (nSPS) is 17.0. The zero-order chi connectivity index (χ0) is 19.7. The molecule has 0 aromatic heterocycles. The van der Waals surface area contributed by atoms with E-state index in [1.165, 1.54) is 0 Å². The Morgan fingerprint density at radius 3 is 2.70 bits per heavy atom. The van der Waals surface area contributed by atoms with Crippen molar-refractivity contribution in [1.82, 2.24) is 10.6 Å². The number of nitrogens with one attached hydrogen (secondary N) is 2. The average molecular weight is 402 g/mol. The third-order valence-corrected chi connectivity index (χ3v) is 5.99. The SMILES string of the molecule is CCSC1(CNC(=NC)NCc2cc(C)ccc2OC(F)F)CCOCC1. The second kappa shape index (κ2) is 10.7. The number of alkyl halides is 2. The third-order valence-electron chi connectivity index (χ3n) is 4.53. The molecule has 1 heterocycles. The topological polar surface area (TPSA) is 54.9 Å². The zero-order valence-corrected chi connectivity index (χ0v) is 17.0. The molecule has 1 aliphatic rings. The van der Waals surface area contributed by atoms with Gasteiger partial charge in [0.2, 0.25) is 0 Å². The number of hydrogen-bond donors (Lipinski definition) is 2. The van der Waals surface area contributed by atoms with E-state index < -0.39 is 6.61 Å². The van der Waals surface area contributed by atoms with Gasteiger partial charge in [0.25, 0.3) is 0 Å². The Balaban J connectivity index is 1.96. The lowest BCUT2D eigenvalue weighted by molar-refractivity contribution is -0.0504. The summed E-state index contributed by atoms with van der Waals surface area (Å²) in [4.78, 5) is 4.26. The number of rotatable bonds is 8. The molecule has 1 saturated heterocycles. The van der Waals surface area contributed by atoms with Crippen molar-refractivity contribution in [3.05, 3.63) is 29.3 Å². The van der Waals surface area contributed by atoms with Gasteiger partial charge in [0.1, 0.15) is 5.75 Å². The van der Waals surface area contributed by atoms with Crippen LogP contribution in [0.5, 0.6) is 5.75 Å². The van der Waals surface area contributed by atoms with Crippen LogP contribution in [0.1, 0.15) is 30.9 Å². The van der Waals surface area contributed by atoms with Crippen molar-refractivity contribution < 1.29 is 18.3 Å². The lowest BCUT2D eigenvalue weighted by atomic mass is 9.99. The molecule has 5 nitrogen and oxygen atoms in total. The van der Waals surface area contributed by atoms with Gasteiger partial charge < -0.3 is 20.1 Å². The highest BCUT2D eigenvalue weighted by Crippen LogP contribution is 2.34. The highest BCUT2D eigenvalue weighted by molar-refractivity contribution is 8.00. The predicted molar refractivity (Wildman–Crippen MR) is 107 cm³/mol. The van der Waals surface area contributed by atoms with E-state index in [1.807, 2.05) is 24.8 Å². The molecule has 0 radical (unpaired) electrons. The minimum Gasteiger partial charge on any atom is -0.434 e. The van der Waals surface area contributed by atoms with Gasteiger partial charge in [-0.25, -0.2) is 0 Å². The molecule has 0 spiro atoms. The fraction of sp³-hybridized carbons (Fsp3) is 0.632. The molecule has 2 rings (SSSR count). The van der Waals surface area contributed by atoms with E-state index in [9.17, 15) is 8.78 Å². The molecular formula is C19H29F2N3O2S. The summed E-state index contributed by atoms with van der Waals surface area (Å²) in [5.74, 6) is 1.87. The van der Waals surface area contributed by atoms with Gasteiger partial charge in [0.15, 0.2) is 5.96 Å². The van der Waals surface area contributed by atoms with Crippen LogP contribution in [0.4, 0.5) is 8.78 Å². The van der Waals surface area contributed by atoms with E-state index in [0.29, 0.717) is 18.1 Å². The van der Waals surface area contributed by atoms with Gasteiger partial charge in [-0.05, 0) is 31.6 Å². The maximum Gasteiger partial charge on any atom is 0.387 e. The monoisotopic (exact) mass is 401 g/mol. The Labute approximate surface area is 164 Å². The number of ether oxygens (including phenoxy) is 2. The minimum atomic E-state index is -2.84. The summed E-state index contributed by atoms with van der Waals surface area (Å²) in [5, 5.41) is 6.58. The van der Waals surface area contributed by atoms with Crippen LogP contribution in [-0.2, 0) is 11.3 Å². The van der Waals surface area contributed by atoms with Crippen molar-refractivity contribution in [3.63, 3.8) is 0 Å². The number of halogens is 2. The van der Waals surface area contributed by atoms with Crippen molar-refractivity contribution >= 4 is 17.7 Å². The fourth-order valence-corrected chi connectivity index (χ4v) is 4.37. The largest absolute Gasteiger partial charge is 0.434 e. The van der Waals surface area contributed by atoms with E-state index in [1.54, 1.807) is 19.2 Å². The van der Waals surface area contributed by atoms with E-state index in [0.717, 1.165) is 43.9 Å². The molecular weight excluding hydrogens is 372 g/mol. The summed E-state index contributed by atoms with van der Waals surface area (Å²) in [7, 11) is 1.70. The Morgan fingerprint density at radius 1 is 1.33 bits per heavy atom. The summed E-state index contributed by atoms with van der Waals surface area (Å²) >= 11 is 1.95. The lowest BCUT2D eigenvalue weighted by Crippen LogP contribution is -2.48. The molecule has 0 aliphatic carbocycles. The van der Waals surface area contributed by atoms with Crippen molar-refractivity contribution in [1.29, 1.82) is 0 Å². The van der Waals surface area contributed by atoms with Crippen LogP contribution in [-0.4, -0.2) is 49.9 Å². The number of guanidine groups is 1. The summed E-state index contributed by atoms with van der Waals surface area (Å²) in [5.41, 5.74) is 1.65. The first-order valence-corrected chi connectivity index (χ1v) is 10.2. The second-order valence-electron chi connectivity index (χ2n) is 6.50. The van der Waals surface area contributed by atoms with E-state index in [-0.39, 0.29) is 10.5 Å². The van der Waals surface area contributed by atoms with Crippen LogP contribution >= 0.6 is 11.8 Å². The quantitative estimate of drug-likeness (QED) is 0.515. The Hall–Kier alpha value is -1.54. The Bertz CT molecular complexity index is 617. The molecule has 0 unspecified atom stereocenters. The average Bonchev–Trinajstić information content (AvgIpc) is 2.64. The summed E-state index contributed by atoms with van der Waals surface area (Å²) in [6.07, 6.45) is 2.00. The zero-order valence-electron chi connectivity index (χ0n) is 16.2.